The summed E-state index contributed by atoms with van der Waals surface area (Å²) >= 11 is 0. The molecular weight excluding hydrogens is 795 g/mol. The van der Waals surface area contributed by atoms with Crippen LogP contribution in [0.15, 0.2) is 40.2 Å². The van der Waals surface area contributed by atoms with Crippen molar-refractivity contribution in [1.82, 2.24) is 14.5 Å². The lowest BCUT2D eigenvalue weighted by Crippen LogP contribution is -2.36. The van der Waals surface area contributed by atoms with E-state index in [9.17, 15) is 19.2 Å². The Bertz CT molecular complexity index is 2630. The Labute approximate surface area is 359 Å². The van der Waals surface area contributed by atoms with Gasteiger partial charge in [0.2, 0.25) is 10.9 Å². The van der Waals surface area contributed by atoms with Gasteiger partial charge in [-0.25, -0.2) is 18.4 Å². The van der Waals surface area contributed by atoms with Crippen LogP contribution < -0.4 is 31.7 Å². The number of aromatic nitrogens is 2. The molecule has 6 aliphatic rings. The van der Waals surface area contributed by atoms with Gasteiger partial charge in [-0.05, 0) is 109 Å². The van der Waals surface area contributed by atoms with Crippen LogP contribution in [0.4, 0.5) is 20.2 Å². The van der Waals surface area contributed by atoms with E-state index in [1.54, 1.807) is 19.3 Å². The predicted molar refractivity (Wildman–Crippen MR) is 235 cm³/mol. The number of carbonyl (C=O) groups is 2. The number of aryl methyl sites for hydroxylation is 1. The van der Waals surface area contributed by atoms with Gasteiger partial charge in [-0.2, -0.15) is 0 Å². The van der Waals surface area contributed by atoms with E-state index in [-0.39, 0.29) is 77.3 Å². The minimum atomic E-state index is -0.694. The first kappa shape index (κ1) is 41.0. The third-order valence-electron chi connectivity index (χ3n) is 14.1. The first-order chi connectivity index (χ1) is 30.0. The molecule has 0 amide bonds. The van der Waals surface area contributed by atoms with Crippen molar-refractivity contribution in [2.24, 2.45) is 11.7 Å². The molecule has 1 unspecified atom stereocenters. The Hall–Kier alpha value is -5.08. The average Bonchev–Trinajstić information content (AvgIpc) is 4.19. The van der Waals surface area contributed by atoms with Gasteiger partial charge in [0.1, 0.15) is 22.8 Å². The largest absolute Gasteiger partial charge is 0.462 e. The summed E-state index contributed by atoms with van der Waals surface area (Å²) in [5.41, 5.74) is 9.16. The number of nitrogens with two attached hydrogens (primary N) is 1. The summed E-state index contributed by atoms with van der Waals surface area (Å²) in [4.78, 5) is 58.0. The Morgan fingerprint density at radius 2 is 1.48 bits per heavy atom. The lowest BCUT2D eigenvalue weighted by atomic mass is 9.99. The summed E-state index contributed by atoms with van der Waals surface area (Å²) in [6, 6.07) is 3.29. The maximum Gasteiger partial charge on any atom is 0.343 e. The maximum atomic E-state index is 16.3. The normalized spacial score (nSPS) is 23.4. The first-order valence-corrected chi connectivity index (χ1v) is 22.8. The fraction of sp³-hybridized carbons (Fsp3) is 0.542. The molecular formula is C48H56F2N6O6. The Morgan fingerprint density at radius 1 is 0.839 bits per heavy atom. The number of rotatable bonds is 12. The number of fused-ring (bicyclic) bond motifs is 10. The zero-order valence-corrected chi connectivity index (χ0v) is 35.6. The van der Waals surface area contributed by atoms with Crippen LogP contribution in [-0.4, -0.2) is 78.1 Å². The molecule has 0 spiro atoms. The molecule has 0 radical (unpaired) electrons. The average molecular weight is 851 g/mol. The Kier molecular flexibility index (Phi) is 10.7. The topological polar surface area (TPSA) is 141 Å². The SMILES string of the molecule is CCOC(=O)c1cn(C2CC2)c2c3c(c(F)cc2c1=O)N1C[C@H](NCC(C)CCCOC(=O)c2cn(C4CC4)c4c5c(c(F)cc4c2=O)N2C[C@H](N)C[C@@H]2CC=C5)C[C@@H]1CCC3. The van der Waals surface area contributed by atoms with Gasteiger partial charge in [-0.3, -0.25) is 9.59 Å². The van der Waals surface area contributed by atoms with Gasteiger partial charge in [-0.1, -0.05) is 19.1 Å². The minimum absolute atomic E-state index is 0.0437. The number of benzene rings is 2. The van der Waals surface area contributed by atoms with Crippen LogP contribution in [0.5, 0.6) is 0 Å². The van der Waals surface area contributed by atoms with E-state index in [4.69, 9.17) is 15.2 Å². The Balaban J connectivity index is 0.787. The fourth-order valence-electron chi connectivity index (χ4n) is 10.9. The van der Waals surface area contributed by atoms with Gasteiger partial charge >= 0.3 is 11.9 Å². The first-order valence-electron chi connectivity index (χ1n) is 22.8. The van der Waals surface area contributed by atoms with Gasteiger partial charge in [0.25, 0.3) is 0 Å². The third-order valence-corrected chi connectivity index (χ3v) is 14.1. The molecule has 2 aromatic heterocycles. The number of hydrogen-bond donors (Lipinski definition) is 2. The summed E-state index contributed by atoms with van der Waals surface area (Å²) in [7, 11) is 0. The zero-order chi connectivity index (χ0) is 43.0. The molecule has 3 N–H and O–H groups in total. The van der Waals surface area contributed by atoms with Crippen LogP contribution >= 0.6 is 0 Å². The van der Waals surface area contributed by atoms with Gasteiger partial charge in [-0.15, -0.1) is 0 Å². The second-order valence-electron chi connectivity index (χ2n) is 18.7. The number of esters is 2. The maximum absolute atomic E-state index is 16.3. The summed E-state index contributed by atoms with van der Waals surface area (Å²) in [5.74, 6) is -2.02. The molecule has 62 heavy (non-hydrogen) atoms. The molecule has 6 heterocycles. The van der Waals surface area contributed by atoms with E-state index < -0.39 is 34.4 Å². The van der Waals surface area contributed by atoms with Crippen molar-refractivity contribution in [2.75, 3.05) is 42.6 Å². The summed E-state index contributed by atoms with van der Waals surface area (Å²) < 4.78 is 47.2. The van der Waals surface area contributed by atoms with Gasteiger partial charge in [0.15, 0.2) is 0 Å². The van der Waals surface area contributed by atoms with Crippen molar-refractivity contribution in [3.8, 4) is 0 Å². The highest BCUT2D eigenvalue weighted by atomic mass is 19.1. The van der Waals surface area contributed by atoms with Crippen molar-refractivity contribution in [3.05, 3.63) is 84.9 Å². The van der Waals surface area contributed by atoms with Crippen LogP contribution in [-0.2, 0) is 15.9 Å². The van der Waals surface area contributed by atoms with Crippen LogP contribution in [0.25, 0.3) is 27.9 Å². The van der Waals surface area contributed by atoms with E-state index in [1.807, 2.05) is 21.3 Å². The number of nitrogens with one attached hydrogen (secondary N) is 1. The number of nitrogens with zero attached hydrogens (tertiary/aromatic N) is 4. The van der Waals surface area contributed by atoms with Gasteiger partial charge in [0.05, 0.1) is 41.0 Å². The number of hydrogen-bond acceptors (Lipinski definition) is 10. The van der Waals surface area contributed by atoms with Crippen molar-refractivity contribution in [3.63, 3.8) is 0 Å². The van der Waals surface area contributed by atoms with Gasteiger partial charge in [0, 0.05) is 78.2 Å². The molecule has 2 saturated carbocycles. The summed E-state index contributed by atoms with van der Waals surface area (Å²) in [6.07, 6.45) is 17.2. The van der Waals surface area contributed by atoms with E-state index in [0.717, 1.165) is 81.8 Å². The summed E-state index contributed by atoms with van der Waals surface area (Å²) in [6.45, 7) is 6.07. The molecule has 4 aliphatic heterocycles. The molecule has 5 atom stereocenters. The van der Waals surface area contributed by atoms with E-state index in [1.165, 1.54) is 12.1 Å². The molecule has 328 valence electrons. The van der Waals surface area contributed by atoms with Crippen LogP contribution in [0, 0.1) is 17.6 Å². The van der Waals surface area contributed by atoms with E-state index in [2.05, 4.69) is 22.0 Å². The van der Waals surface area contributed by atoms with Crippen molar-refractivity contribution >= 4 is 51.2 Å². The number of anilines is 2. The molecule has 2 saturated heterocycles. The quantitative estimate of drug-likeness (QED) is 0.114. The second-order valence-corrected chi connectivity index (χ2v) is 18.7. The molecule has 0 bridgehead atoms. The summed E-state index contributed by atoms with van der Waals surface area (Å²) in [5, 5.41) is 4.16. The second kappa shape index (κ2) is 16.2. The highest BCUT2D eigenvalue weighted by molar-refractivity contribution is 5.99. The molecule has 2 aliphatic carbocycles. The van der Waals surface area contributed by atoms with Crippen molar-refractivity contribution in [2.45, 2.75) is 127 Å². The minimum Gasteiger partial charge on any atom is -0.462 e. The van der Waals surface area contributed by atoms with Gasteiger partial charge < -0.3 is 39.5 Å². The number of ether oxygens (including phenoxy) is 2. The van der Waals surface area contributed by atoms with Crippen molar-refractivity contribution in [1.29, 1.82) is 0 Å². The molecule has 12 nitrogen and oxygen atoms in total. The molecule has 10 rings (SSSR count). The van der Waals surface area contributed by atoms with Crippen LogP contribution in [0.2, 0.25) is 0 Å². The standard InChI is InChI=1S/C48H56F2N6O6/c1-3-61-47(59)37-24-55(29-12-13-29)42-34-11-5-9-32-18-28(23-54(32)44(34)40(50)20-35(42)45(37)57)52-21-26(2)7-6-16-62-48(60)38-25-56(30-14-15-30)41-33-10-4-8-31-17-27(51)22-53(31)43(33)39(49)19-36(41)46(38)58/h4,10,19-20,24-32,52H,3,5-9,11-18,21-23,51H2,1-2H3/t26?,27-,28-,31+,32+/m1/s1. The predicted octanol–water partition coefficient (Wildman–Crippen LogP) is 6.91. The smallest absolute Gasteiger partial charge is 0.343 e. The lowest BCUT2D eigenvalue weighted by Gasteiger charge is -2.28. The Morgan fingerprint density at radius 3 is 2.18 bits per heavy atom. The van der Waals surface area contributed by atoms with Crippen molar-refractivity contribution < 1.29 is 27.8 Å². The molecule has 4 fully saturated rings. The lowest BCUT2D eigenvalue weighted by molar-refractivity contribution is 0.0489. The highest BCUT2D eigenvalue weighted by Gasteiger charge is 2.40. The fourth-order valence-corrected chi connectivity index (χ4v) is 10.9. The van der Waals surface area contributed by atoms with E-state index in [0.29, 0.717) is 48.4 Å². The highest BCUT2D eigenvalue weighted by Crippen LogP contribution is 2.45. The number of pyridine rings is 2. The van der Waals surface area contributed by atoms with E-state index >= 15 is 8.78 Å². The third kappa shape index (κ3) is 7.30. The molecule has 14 heteroatoms. The number of carbonyl (C=O) groups excluding carboxylic acids is 2. The van der Waals surface area contributed by atoms with Crippen LogP contribution in [0.3, 0.4) is 0 Å². The molecule has 4 aromatic rings. The number of halogens is 2. The zero-order valence-electron chi connectivity index (χ0n) is 35.6. The monoisotopic (exact) mass is 850 g/mol. The molecule has 2 aromatic carbocycles. The van der Waals surface area contributed by atoms with Crippen LogP contribution in [0.1, 0.15) is 128 Å².